The molecule has 2 unspecified atom stereocenters. The molecule has 1 heterocycles. The summed E-state index contributed by atoms with van der Waals surface area (Å²) in [5.41, 5.74) is 0.391. The van der Waals surface area contributed by atoms with E-state index in [2.05, 4.69) is 0 Å². The Morgan fingerprint density at radius 1 is 1.35 bits per heavy atom. The number of carboxylic acids is 1. The van der Waals surface area contributed by atoms with Gasteiger partial charge in [0.1, 0.15) is 0 Å². The molecule has 1 N–H and O–H groups in total. The van der Waals surface area contributed by atoms with Gasteiger partial charge in [-0.05, 0) is 37.2 Å². The second-order valence-electron chi connectivity index (χ2n) is 5.86. The highest BCUT2D eigenvalue weighted by molar-refractivity contribution is 5.76. The lowest BCUT2D eigenvalue weighted by molar-refractivity contribution is -0.153. The number of benzene rings is 1. The molecular formula is C17H20O3. The van der Waals surface area contributed by atoms with Crippen LogP contribution in [0.15, 0.2) is 36.4 Å². The number of hydrogen-bond acceptors (Lipinski definition) is 2. The van der Waals surface area contributed by atoms with Crippen molar-refractivity contribution < 1.29 is 14.6 Å². The summed E-state index contributed by atoms with van der Waals surface area (Å²) < 4.78 is 5.74. The number of hydrogen-bond donors (Lipinski definition) is 1. The first-order chi connectivity index (χ1) is 9.72. The molecular weight excluding hydrogens is 252 g/mol. The van der Waals surface area contributed by atoms with Crippen LogP contribution in [0, 0.1) is 11.3 Å². The van der Waals surface area contributed by atoms with Crippen LogP contribution in [0.2, 0.25) is 0 Å². The van der Waals surface area contributed by atoms with Gasteiger partial charge in [0.2, 0.25) is 0 Å². The van der Waals surface area contributed by atoms with Crippen LogP contribution in [0.3, 0.4) is 0 Å². The van der Waals surface area contributed by atoms with Crippen LogP contribution in [0.1, 0.15) is 31.2 Å². The highest BCUT2D eigenvalue weighted by Gasteiger charge is 2.55. The lowest BCUT2D eigenvalue weighted by Gasteiger charge is -2.28. The predicted octanol–water partition coefficient (Wildman–Crippen LogP) is 3.36. The van der Waals surface area contributed by atoms with Gasteiger partial charge in [0.25, 0.3) is 0 Å². The normalized spacial score (nSPS) is 29.9. The SMILES string of the molecule is O=C(O)C1(C/C=C/c2ccccc2)CCOC1C1CC1. The van der Waals surface area contributed by atoms with Crippen LogP contribution in [-0.4, -0.2) is 23.8 Å². The van der Waals surface area contributed by atoms with Crippen LogP contribution in [-0.2, 0) is 9.53 Å². The molecule has 1 aliphatic heterocycles. The zero-order chi connectivity index (χ0) is 14.0. The fourth-order valence-electron chi connectivity index (χ4n) is 3.16. The van der Waals surface area contributed by atoms with E-state index in [4.69, 9.17) is 4.74 Å². The van der Waals surface area contributed by atoms with E-state index < -0.39 is 11.4 Å². The first-order valence-electron chi connectivity index (χ1n) is 7.29. The molecule has 0 aromatic heterocycles. The average Bonchev–Trinajstić information content (AvgIpc) is 3.20. The van der Waals surface area contributed by atoms with Crippen molar-refractivity contribution in [1.82, 2.24) is 0 Å². The standard InChI is InChI=1S/C17H20O3/c18-16(19)17(11-12-20-15(17)14-8-9-14)10-4-7-13-5-2-1-3-6-13/h1-7,14-15H,8-12H2,(H,18,19)/b7-4+. The van der Waals surface area contributed by atoms with Crippen LogP contribution in [0.5, 0.6) is 0 Å². The summed E-state index contributed by atoms with van der Waals surface area (Å²) in [6, 6.07) is 9.99. The van der Waals surface area contributed by atoms with Crippen LogP contribution in [0.25, 0.3) is 6.08 Å². The molecule has 2 atom stereocenters. The summed E-state index contributed by atoms with van der Waals surface area (Å²) in [5.74, 6) is -0.247. The van der Waals surface area contributed by atoms with Gasteiger partial charge in [0.05, 0.1) is 11.5 Å². The van der Waals surface area contributed by atoms with Crippen LogP contribution < -0.4 is 0 Å². The first-order valence-corrected chi connectivity index (χ1v) is 7.29. The van der Waals surface area contributed by atoms with E-state index in [-0.39, 0.29) is 6.10 Å². The molecule has 1 aliphatic carbocycles. The zero-order valence-electron chi connectivity index (χ0n) is 11.5. The van der Waals surface area contributed by atoms with Crippen molar-refractivity contribution in [2.75, 3.05) is 6.61 Å². The molecule has 0 spiro atoms. The smallest absolute Gasteiger partial charge is 0.312 e. The second kappa shape index (κ2) is 5.41. The number of carbonyl (C=O) groups is 1. The maximum absolute atomic E-state index is 11.8. The Kier molecular flexibility index (Phi) is 3.62. The maximum Gasteiger partial charge on any atom is 0.312 e. The molecule has 3 heteroatoms. The van der Waals surface area contributed by atoms with Gasteiger partial charge in [-0.15, -0.1) is 0 Å². The summed E-state index contributed by atoms with van der Waals surface area (Å²) in [6.07, 6.45) is 7.31. The quantitative estimate of drug-likeness (QED) is 0.894. The third-order valence-corrected chi connectivity index (χ3v) is 4.46. The fraction of sp³-hybridized carbons (Fsp3) is 0.471. The molecule has 1 saturated carbocycles. The zero-order valence-corrected chi connectivity index (χ0v) is 11.5. The molecule has 1 aromatic rings. The van der Waals surface area contributed by atoms with E-state index in [1.165, 1.54) is 0 Å². The summed E-state index contributed by atoms with van der Waals surface area (Å²) in [7, 11) is 0. The third-order valence-electron chi connectivity index (χ3n) is 4.46. The summed E-state index contributed by atoms with van der Waals surface area (Å²) in [4.78, 5) is 11.8. The Hall–Kier alpha value is -1.61. The minimum absolute atomic E-state index is 0.0968. The second-order valence-corrected chi connectivity index (χ2v) is 5.86. The van der Waals surface area contributed by atoms with Crippen LogP contribution in [0.4, 0.5) is 0 Å². The molecule has 0 radical (unpaired) electrons. The third kappa shape index (κ3) is 2.50. The minimum Gasteiger partial charge on any atom is -0.481 e. The molecule has 1 aromatic carbocycles. The largest absolute Gasteiger partial charge is 0.481 e. The molecule has 3 nitrogen and oxygen atoms in total. The monoisotopic (exact) mass is 272 g/mol. The Balaban J connectivity index is 1.74. The van der Waals surface area contributed by atoms with Gasteiger partial charge >= 0.3 is 5.97 Å². The molecule has 0 amide bonds. The molecule has 3 rings (SSSR count). The van der Waals surface area contributed by atoms with Crippen LogP contribution >= 0.6 is 0 Å². The van der Waals surface area contributed by atoms with Gasteiger partial charge in [-0.3, -0.25) is 4.79 Å². The number of allylic oxidation sites excluding steroid dienone is 1. The average molecular weight is 272 g/mol. The van der Waals surface area contributed by atoms with Gasteiger partial charge in [0, 0.05) is 6.61 Å². The van der Waals surface area contributed by atoms with Gasteiger partial charge < -0.3 is 9.84 Å². The number of rotatable bonds is 5. The van der Waals surface area contributed by atoms with Crippen molar-refractivity contribution in [1.29, 1.82) is 0 Å². The van der Waals surface area contributed by atoms with E-state index in [0.717, 1.165) is 18.4 Å². The summed E-state index contributed by atoms with van der Waals surface area (Å²) in [6.45, 7) is 0.576. The molecule has 1 saturated heterocycles. The molecule has 2 fully saturated rings. The molecule has 0 bridgehead atoms. The van der Waals surface area contributed by atoms with Crippen molar-refractivity contribution in [3.8, 4) is 0 Å². The number of carboxylic acid groups (broad SMARTS) is 1. The van der Waals surface area contributed by atoms with Crippen molar-refractivity contribution in [2.45, 2.75) is 31.8 Å². The van der Waals surface area contributed by atoms with E-state index >= 15 is 0 Å². The van der Waals surface area contributed by atoms with E-state index in [1.54, 1.807) is 0 Å². The highest BCUT2D eigenvalue weighted by Crippen LogP contribution is 2.50. The Labute approximate surface area is 119 Å². The van der Waals surface area contributed by atoms with Crippen molar-refractivity contribution in [3.63, 3.8) is 0 Å². The van der Waals surface area contributed by atoms with Crippen molar-refractivity contribution >= 4 is 12.0 Å². The first kappa shape index (κ1) is 13.4. The van der Waals surface area contributed by atoms with E-state index in [9.17, 15) is 9.90 Å². The van der Waals surface area contributed by atoms with Gasteiger partial charge in [-0.2, -0.15) is 0 Å². The predicted molar refractivity (Wildman–Crippen MR) is 77.2 cm³/mol. The lowest BCUT2D eigenvalue weighted by Crippen LogP contribution is -2.39. The lowest BCUT2D eigenvalue weighted by atomic mass is 9.76. The molecule has 20 heavy (non-hydrogen) atoms. The minimum atomic E-state index is -0.716. The highest BCUT2D eigenvalue weighted by atomic mass is 16.5. The molecule has 106 valence electrons. The van der Waals surface area contributed by atoms with Crippen molar-refractivity contribution in [2.24, 2.45) is 11.3 Å². The number of aliphatic carboxylic acids is 1. The topological polar surface area (TPSA) is 46.5 Å². The fourth-order valence-corrected chi connectivity index (χ4v) is 3.16. The van der Waals surface area contributed by atoms with Crippen molar-refractivity contribution in [3.05, 3.63) is 42.0 Å². The molecule has 2 aliphatic rings. The Morgan fingerprint density at radius 3 is 2.75 bits per heavy atom. The number of ether oxygens (including phenoxy) is 1. The summed E-state index contributed by atoms with van der Waals surface area (Å²) in [5, 5.41) is 9.69. The Bertz CT molecular complexity index is 504. The summed E-state index contributed by atoms with van der Waals surface area (Å²) >= 11 is 0. The van der Waals surface area contributed by atoms with E-state index in [0.29, 0.717) is 25.4 Å². The maximum atomic E-state index is 11.8. The Morgan fingerprint density at radius 2 is 2.10 bits per heavy atom. The van der Waals surface area contributed by atoms with Gasteiger partial charge in [-0.1, -0.05) is 42.5 Å². The van der Waals surface area contributed by atoms with E-state index in [1.807, 2.05) is 42.5 Å². The van der Waals surface area contributed by atoms with Gasteiger partial charge in [0.15, 0.2) is 0 Å². The van der Waals surface area contributed by atoms with Gasteiger partial charge in [-0.25, -0.2) is 0 Å².